The first kappa shape index (κ1) is 23.1. The zero-order chi connectivity index (χ0) is 22.9. The fourth-order valence-corrected chi connectivity index (χ4v) is 6.33. The number of carbonyl (C=O) groups is 1. The molecule has 8 heteroatoms. The maximum atomic E-state index is 13.3. The number of hydrogen-bond donors (Lipinski definition) is 1. The van der Waals surface area contributed by atoms with Gasteiger partial charge in [-0.25, -0.2) is 8.42 Å². The molecule has 2 aromatic rings. The Morgan fingerprint density at radius 2 is 1.84 bits per heavy atom. The molecule has 0 radical (unpaired) electrons. The average molecular weight is 477 g/mol. The van der Waals surface area contributed by atoms with Crippen LogP contribution in [0.1, 0.15) is 67.9 Å². The average Bonchev–Trinajstić information content (AvgIpc) is 3.35. The Hall–Kier alpha value is -2.09. The van der Waals surface area contributed by atoms with Gasteiger partial charge in [-0.05, 0) is 49.9 Å². The summed E-state index contributed by atoms with van der Waals surface area (Å²) in [7, 11) is -3.65. The second-order valence-electron chi connectivity index (χ2n) is 8.51. The van der Waals surface area contributed by atoms with Crippen molar-refractivity contribution in [1.82, 2.24) is 9.62 Å². The molecule has 1 amide bonds. The van der Waals surface area contributed by atoms with E-state index in [1.165, 1.54) is 22.5 Å². The summed E-state index contributed by atoms with van der Waals surface area (Å²) >= 11 is 6.34. The fourth-order valence-electron chi connectivity index (χ4n) is 4.58. The Balaban J connectivity index is 1.64. The number of fused-ring (bicyclic) bond motifs is 1. The van der Waals surface area contributed by atoms with Crippen molar-refractivity contribution in [2.24, 2.45) is 0 Å². The molecule has 0 unspecified atom stereocenters. The number of nitrogens with zero attached hydrogens (tertiary/aromatic N) is 1. The maximum Gasteiger partial charge on any atom is 0.253 e. The van der Waals surface area contributed by atoms with Gasteiger partial charge in [0, 0.05) is 25.1 Å². The lowest BCUT2D eigenvalue weighted by Gasteiger charge is -2.41. The van der Waals surface area contributed by atoms with E-state index in [4.69, 9.17) is 16.3 Å². The number of sulfonamides is 1. The van der Waals surface area contributed by atoms with Gasteiger partial charge in [0.25, 0.3) is 5.91 Å². The zero-order valence-corrected chi connectivity index (χ0v) is 20.0. The highest BCUT2D eigenvalue weighted by molar-refractivity contribution is 7.89. The Bertz CT molecular complexity index is 1110. The second kappa shape index (κ2) is 9.04. The van der Waals surface area contributed by atoms with E-state index in [9.17, 15) is 13.2 Å². The van der Waals surface area contributed by atoms with Crippen LogP contribution >= 0.6 is 11.6 Å². The predicted octanol–water partition coefficient (Wildman–Crippen LogP) is 4.94. The predicted molar refractivity (Wildman–Crippen MR) is 125 cm³/mol. The maximum absolute atomic E-state index is 13.3. The molecule has 0 spiro atoms. The molecular weight excluding hydrogens is 448 g/mol. The number of para-hydroxylation sites is 1. The molecule has 32 heavy (non-hydrogen) atoms. The van der Waals surface area contributed by atoms with Crippen LogP contribution in [0.5, 0.6) is 5.75 Å². The van der Waals surface area contributed by atoms with E-state index in [0.29, 0.717) is 19.5 Å². The topological polar surface area (TPSA) is 75.7 Å². The van der Waals surface area contributed by atoms with Crippen molar-refractivity contribution >= 4 is 27.5 Å². The molecule has 2 aromatic carbocycles. The molecule has 1 atom stereocenters. The van der Waals surface area contributed by atoms with Gasteiger partial charge in [0.15, 0.2) is 0 Å². The number of ether oxygens (including phenoxy) is 1. The largest absolute Gasteiger partial charge is 0.487 e. The minimum Gasteiger partial charge on any atom is -0.487 e. The van der Waals surface area contributed by atoms with Crippen molar-refractivity contribution in [1.29, 1.82) is 0 Å². The molecule has 1 N–H and O–H groups in total. The highest BCUT2D eigenvalue weighted by atomic mass is 35.5. The Morgan fingerprint density at radius 3 is 2.53 bits per heavy atom. The van der Waals surface area contributed by atoms with Gasteiger partial charge in [0.1, 0.15) is 11.4 Å². The van der Waals surface area contributed by atoms with Gasteiger partial charge < -0.3 is 10.1 Å². The van der Waals surface area contributed by atoms with E-state index in [1.54, 1.807) is 0 Å². The standard InChI is InChI=1S/C24H29ClN2O4S/c1-3-24(4-2)16-21(18-9-5-6-10-22(18)31-24)26-23(28)19-15-17(11-12-20(19)25)32(29,30)27-13-7-8-14-27/h5-6,9-12,15,21H,3-4,7-8,13-14,16H2,1-2H3,(H,26,28)/t21-/m0/s1. The molecular formula is C24H29ClN2O4S. The first-order valence-corrected chi connectivity index (χ1v) is 13.0. The Kier molecular flexibility index (Phi) is 6.52. The van der Waals surface area contributed by atoms with Crippen molar-refractivity contribution < 1.29 is 17.9 Å². The first-order valence-electron chi connectivity index (χ1n) is 11.2. The lowest BCUT2D eigenvalue weighted by molar-refractivity contribution is 0.0227. The molecule has 2 heterocycles. The van der Waals surface area contributed by atoms with E-state index < -0.39 is 15.9 Å². The van der Waals surface area contributed by atoms with Crippen molar-refractivity contribution in [3.8, 4) is 5.75 Å². The molecule has 0 aromatic heterocycles. The van der Waals surface area contributed by atoms with Crippen LogP contribution in [0, 0.1) is 0 Å². The van der Waals surface area contributed by atoms with Crippen LogP contribution in [-0.4, -0.2) is 37.3 Å². The normalized spacial score (nSPS) is 20.4. The van der Waals surface area contributed by atoms with Crippen molar-refractivity contribution in [2.45, 2.75) is 62.5 Å². The van der Waals surface area contributed by atoms with E-state index in [2.05, 4.69) is 19.2 Å². The Morgan fingerprint density at radius 1 is 1.16 bits per heavy atom. The van der Waals surface area contributed by atoms with Crippen molar-refractivity contribution in [3.05, 3.63) is 58.6 Å². The van der Waals surface area contributed by atoms with E-state index in [-0.39, 0.29) is 27.1 Å². The van der Waals surface area contributed by atoms with Crippen LogP contribution in [0.15, 0.2) is 47.4 Å². The summed E-state index contributed by atoms with van der Waals surface area (Å²) in [5.41, 5.74) is 0.710. The number of carbonyl (C=O) groups excluding carboxylic acids is 1. The Labute approximate surface area is 195 Å². The van der Waals surface area contributed by atoms with Crippen LogP contribution in [0.25, 0.3) is 0 Å². The molecule has 2 aliphatic rings. The molecule has 0 bridgehead atoms. The van der Waals surface area contributed by atoms with E-state index in [0.717, 1.165) is 37.0 Å². The highest BCUT2D eigenvalue weighted by Gasteiger charge is 2.39. The summed E-state index contributed by atoms with van der Waals surface area (Å²) in [5, 5.41) is 3.31. The molecule has 1 saturated heterocycles. The molecule has 1 fully saturated rings. The van der Waals surface area contributed by atoms with Gasteiger partial charge in [-0.2, -0.15) is 4.31 Å². The smallest absolute Gasteiger partial charge is 0.253 e. The van der Waals surface area contributed by atoms with Crippen molar-refractivity contribution in [3.63, 3.8) is 0 Å². The van der Waals surface area contributed by atoms with Gasteiger partial charge >= 0.3 is 0 Å². The minimum atomic E-state index is -3.65. The van der Waals surface area contributed by atoms with E-state index >= 15 is 0 Å². The second-order valence-corrected chi connectivity index (χ2v) is 10.9. The third-order valence-electron chi connectivity index (χ3n) is 6.68. The third-order valence-corrected chi connectivity index (χ3v) is 8.90. The van der Waals surface area contributed by atoms with Gasteiger partial charge in [0.05, 0.1) is 21.5 Å². The van der Waals surface area contributed by atoms with E-state index in [1.807, 2.05) is 24.3 Å². The minimum absolute atomic E-state index is 0.0952. The number of halogens is 1. The summed E-state index contributed by atoms with van der Waals surface area (Å²) < 4.78 is 33.7. The highest BCUT2D eigenvalue weighted by Crippen LogP contribution is 2.42. The summed E-state index contributed by atoms with van der Waals surface area (Å²) in [4.78, 5) is 13.4. The van der Waals surface area contributed by atoms with Gasteiger partial charge in [-0.15, -0.1) is 0 Å². The number of nitrogens with one attached hydrogen (secondary N) is 1. The third kappa shape index (κ3) is 4.26. The van der Waals surface area contributed by atoms with Crippen LogP contribution < -0.4 is 10.1 Å². The van der Waals surface area contributed by atoms with Crippen LogP contribution in [0.2, 0.25) is 5.02 Å². The molecule has 4 rings (SSSR count). The fraction of sp³-hybridized carbons (Fsp3) is 0.458. The molecule has 2 aliphatic heterocycles. The van der Waals surface area contributed by atoms with Crippen molar-refractivity contribution in [2.75, 3.05) is 13.1 Å². The molecule has 0 aliphatic carbocycles. The number of hydrogen-bond acceptors (Lipinski definition) is 4. The van der Waals surface area contributed by atoms with Gasteiger partial charge in [0.2, 0.25) is 10.0 Å². The molecule has 172 valence electrons. The van der Waals surface area contributed by atoms with Crippen LogP contribution in [0.4, 0.5) is 0 Å². The van der Waals surface area contributed by atoms with Gasteiger partial charge in [-0.3, -0.25) is 4.79 Å². The SMILES string of the molecule is CCC1(CC)C[C@H](NC(=O)c2cc(S(=O)(=O)N3CCCC3)ccc2Cl)c2ccccc2O1. The first-order chi connectivity index (χ1) is 15.3. The van der Waals surface area contributed by atoms with Crippen LogP contribution in [-0.2, 0) is 10.0 Å². The number of amides is 1. The van der Waals surface area contributed by atoms with Gasteiger partial charge in [-0.1, -0.05) is 43.6 Å². The number of rotatable bonds is 6. The zero-order valence-electron chi connectivity index (χ0n) is 18.4. The number of benzene rings is 2. The van der Waals surface area contributed by atoms with Crippen LogP contribution in [0.3, 0.4) is 0 Å². The summed E-state index contributed by atoms with van der Waals surface area (Å²) in [6, 6.07) is 11.8. The monoisotopic (exact) mass is 476 g/mol. The molecule has 0 saturated carbocycles. The lowest BCUT2D eigenvalue weighted by atomic mass is 9.83. The lowest BCUT2D eigenvalue weighted by Crippen LogP contribution is -2.44. The molecule has 6 nitrogen and oxygen atoms in total. The summed E-state index contributed by atoms with van der Waals surface area (Å²) in [6.07, 6.45) is 3.95. The summed E-state index contributed by atoms with van der Waals surface area (Å²) in [6.45, 7) is 5.17. The summed E-state index contributed by atoms with van der Waals surface area (Å²) in [5.74, 6) is 0.375. The quantitative estimate of drug-likeness (QED) is 0.640.